The highest BCUT2D eigenvalue weighted by molar-refractivity contribution is 5.93. The average Bonchev–Trinajstić information content (AvgIpc) is 1.98. The molecule has 7 nitrogen and oxygen atoms in total. The van der Waals surface area contributed by atoms with E-state index in [1.165, 1.54) is 6.92 Å². The molecular formula is C9H15NO6. The van der Waals surface area contributed by atoms with E-state index in [9.17, 15) is 19.7 Å². The summed E-state index contributed by atoms with van der Waals surface area (Å²) in [6.07, 6.45) is 0.199. The summed E-state index contributed by atoms with van der Waals surface area (Å²) in [5, 5.41) is 27.6. The molecule has 0 amide bonds. The average molecular weight is 233 g/mol. The van der Waals surface area contributed by atoms with Gasteiger partial charge in [0.15, 0.2) is 5.92 Å². The van der Waals surface area contributed by atoms with Gasteiger partial charge in [-0.2, -0.15) is 0 Å². The van der Waals surface area contributed by atoms with E-state index in [1.54, 1.807) is 6.92 Å². The minimum atomic E-state index is -1.51. The molecule has 92 valence electrons. The van der Waals surface area contributed by atoms with Crippen LogP contribution in [0.4, 0.5) is 0 Å². The summed E-state index contributed by atoms with van der Waals surface area (Å²) >= 11 is 0. The number of carbonyl (C=O) groups is 2. The Bertz CT molecular complexity index is 276. The van der Waals surface area contributed by atoms with Crippen LogP contribution < -0.4 is 0 Å². The van der Waals surface area contributed by atoms with Crippen molar-refractivity contribution in [2.24, 2.45) is 17.8 Å². The molecule has 7 heteroatoms. The lowest BCUT2D eigenvalue weighted by atomic mass is 9.86. The van der Waals surface area contributed by atoms with Gasteiger partial charge < -0.3 is 10.2 Å². The zero-order chi connectivity index (χ0) is 12.9. The van der Waals surface area contributed by atoms with E-state index in [0.717, 1.165) is 0 Å². The van der Waals surface area contributed by atoms with Crippen LogP contribution in [0.15, 0.2) is 0 Å². The molecule has 0 heterocycles. The Labute approximate surface area is 92.2 Å². The predicted octanol–water partition coefficient (Wildman–Crippen LogP) is 0.711. The van der Waals surface area contributed by atoms with Crippen molar-refractivity contribution in [1.29, 1.82) is 0 Å². The maximum Gasteiger partial charge on any atom is 0.318 e. The number of aliphatic carboxylic acids is 2. The third-order valence-electron chi connectivity index (χ3n) is 2.34. The molecule has 2 atom stereocenters. The van der Waals surface area contributed by atoms with E-state index >= 15 is 0 Å². The van der Waals surface area contributed by atoms with E-state index in [1.807, 2.05) is 0 Å². The van der Waals surface area contributed by atoms with Gasteiger partial charge in [-0.25, -0.2) is 0 Å². The topological polar surface area (TPSA) is 118 Å². The Morgan fingerprint density at radius 2 is 1.69 bits per heavy atom. The number of carboxylic acid groups (broad SMARTS) is 2. The summed E-state index contributed by atoms with van der Waals surface area (Å²) < 4.78 is 0. The SMILES string of the molecule is CC(CC(C)C(C(=O)O)C(=O)O)C[N+](=O)[O-]. The zero-order valence-electron chi connectivity index (χ0n) is 9.12. The normalized spacial score (nSPS) is 14.4. The van der Waals surface area contributed by atoms with Gasteiger partial charge in [0.05, 0.1) is 0 Å². The third kappa shape index (κ3) is 4.72. The van der Waals surface area contributed by atoms with Crippen LogP contribution in [0.25, 0.3) is 0 Å². The van der Waals surface area contributed by atoms with Gasteiger partial charge in [-0.05, 0) is 12.3 Å². The first kappa shape index (κ1) is 14.3. The van der Waals surface area contributed by atoms with E-state index in [4.69, 9.17) is 10.2 Å². The van der Waals surface area contributed by atoms with Gasteiger partial charge >= 0.3 is 11.9 Å². The molecule has 0 aromatic carbocycles. The first-order valence-electron chi connectivity index (χ1n) is 4.83. The Balaban J connectivity index is 4.41. The smallest absolute Gasteiger partial charge is 0.318 e. The van der Waals surface area contributed by atoms with Gasteiger partial charge in [0.2, 0.25) is 6.54 Å². The first-order valence-corrected chi connectivity index (χ1v) is 4.83. The number of nitrogens with zero attached hydrogens (tertiary/aromatic N) is 1. The van der Waals surface area contributed by atoms with Crippen molar-refractivity contribution in [2.45, 2.75) is 20.3 Å². The van der Waals surface area contributed by atoms with Crippen LogP contribution in [0.2, 0.25) is 0 Å². The summed E-state index contributed by atoms with van der Waals surface area (Å²) in [6.45, 7) is 2.79. The fourth-order valence-corrected chi connectivity index (χ4v) is 1.69. The molecule has 16 heavy (non-hydrogen) atoms. The third-order valence-corrected chi connectivity index (χ3v) is 2.34. The molecule has 0 saturated carbocycles. The molecule has 0 spiro atoms. The van der Waals surface area contributed by atoms with E-state index in [0.29, 0.717) is 0 Å². The summed E-state index contributed by atoms with van der Waals surface area (Å²) in [7, 11) is 0. The Morgan fingerprint density at radius 3 is 2.00 bits per heavy atom. The molecule has 0 aromatic rings. The summed E-state index contributed by atoms with van der Waals surface area (Å²) in [4.78, 5) is 31.1. The molecule has 0 aliphatic heterocycles. The molecule has 0 saturated heterocycles. The molecule has 0 aromatic heterocycles. The molecular weight excluding hydrogens is 218 g/mol. The van der Waals surface area contributed by atoms with E-state index in [-0.39, 0.29) is 18.9 Å². The Hall–Kier alpha value is -1.66. The summed E-state index contributed by atoms with van der Waals surface area (Å²) in [5.41, 5.74) is 0. The Kier molecular flexibility index (Phi) is 5.41. The Morgan fingerprint density at radius 1 is 1.25 bits per heavy atom. The largest absolute Gasteiger partial charge is 0.481 e. The lowest BCUT2D eigenvalue weighted by molar-refractivity contribution is -0.487. The molecule has 0 aliphatic carbocycles. The minimum absolute atomic E-state index is 0.199. The van der Waals surface area contributed by atoms with Crippen molar-refractivity contribution in [3.8, 4) is 0 Å². The van der Waals surface area contributed by atoms with Crippen LogP contribution in [0.1, 0.15) is 20.3 Å². The molecule has 2 N–H and O–H groups in total. The number of hydrogen-bond acceptors (Lipinski definition) is 4. The fourth-order valence-electron chi connectivity index (χ4n) is 1.69. The van der Waals surface area contributed by atoms with Gasteiger partial charge in [0, 0.05) is 10.8 Å². The molecule has 0 rings (SSSR count). The minimum Gasteiger partial charge on any atom is -0.481 e. The van der Waals surface area contributed by atoms with Gasteiger partial charge in [-0.3, -0.25) is 19.7 Å². The molecule has 0 fully saturated rings. The van der Waals surface area contributed by atoms with Crippen LogP contribution in [-0.4, -0.2) is 33.6 Å². The van der Waals surface area contributed by atoms with Crippen LogP contribution in [0.5, 0.6) is 0 Å². The number of nitro groups is 1. The van der Waals surface area contributed by atoms with Crippen molar-refractivity contribution in [3.63, 3.8) is 0 Å². The maximum absolute atomic E-state index is 10.7. The predicted molar refractivity (Wildman–Crippen MR) is 53.6 cm³/mol. The highest BCUT2D eigenvalue weighted by Crippen LogP contribution is 2.21. The van der Waals surface area contributed by atoms with Gasteiger partial charge in [-0.15, -0.1) is 0 Å². The van der Waals surface area contributed by atoms with Crippen molar-refractivity contribution in [1.82, 2.24) is 0 Å². The molecule has 0 bridgehead atoms. The van der Waals surface area contributed by atoms with Crippen molar-refractivity contribution >= 4 is 11.9 Å². The lowest BCUT2D eigenvalue weighted by Crippen LogP contribution is -2.31. The highest BCUT2D eigenvalue weighted by atomic mass is 16.6. The summed E-state index contributed by atoms with van der Waals surface area (Å²) in [5.74, 6) is -5.30. The standard InChI is InChI=1S/C9H15NO6/c1-5(4-10(15)16)3-6(2)7(8(11)12)9(13)14/h5-7H,3-4H2,1-2H3,(H,11,12)(H,13,14). The van der Waals surface area contributed by atoms with Crippen LogP contribution >= 0.6 is 0 Å². The second-order valence-electron chi connectivity index (χ2n) is 3.99. The van der Waals surface area contributed by atoms with Crippen molar-refractivity contribution < 1.29 is 24.7 Å². The molecule has 0 radical (unpaired) electrons. The molecule has 0 aliphatic rings. The maximum atomic E-state index is 10.7. The van der Waals surface area contributed by atoms with Crippen molar-refractivity contribution in [3.05, 3.63) is 10.1 Å². The fraction of sp³-hybridized carbons (Fsp3) is 0.778. The zero-order valence-corrected chi connectivity index (χ0v) is 9.12. The van der Waals surface area contributed by atoms with Gasteiger partial charge in [-0.1, -0.05) is 13.8 Å². The van der Waals surface area contributed by atoms with Crippen LogP contribution in [-0.2, 0) is 9.59 Å². The van der Waals surface area contributed by atoms with Gasteiger partial charge in [0.1, 0.15) is 0 Å². The number of carboxylic acids is 2. The monoisotopic (exact) mass is 233 g/mol. The lowest BCUT2D eigenvalue weighted by Gasteiger charge is -2.18. The van der Waals surface area contributed by atoms with Crippen molar-refractivity contribution in [2.75, 3.05) is 6.54 Å². The summed E-state index contributed by atoms with van der Waals surface area (Å²) in [6, 6.07) is 0. The number of hydrogen-bond donors (Lipinski definition) is 2. The van der Waals surface area contributed by atoms with Crippen LogP contribution in [0.3, 0.4) is 0 Å². The van der Waals surface area contributed by atoms with Gasteiger partial charge in [0.25, 0.3) is 0 Å². The highest BCUT2D eigenvalue weighted by Gasteiger charge is 2.33. The van der Waals surface area contributed by atoms with Crippen LogP contribution in [0, 0.1) is 27.9 Å². The molecule has 2 unspecified atom stereocenters. The van der Waals surface area contributed by atoms with E-state index in [2.05, 4.69) is 0 Å². The second-order valence-corrected chi connectivity index (χ2v) is 3.99. The quantitative estimate of drug-likeness (QED) is 0.380. The number of rotatable bonds is 7. The first-order chi connectivity index (χ1) is 7.25. The van der Waals surface area contributed by atoms with E-state index < -0.39 is 28.7 Å². The second kappa shape index (κ2) is 6.04.